The molecule has 0 saturated heterocycles. The van der Waals surface area contributed by atoms with E-state index in [4.69, 9.17) is 4.74 Å². The van der Waals surface area contributed by atoms with Crippen LogP contribution in [0.5, 0.6) is 0 Å². The van der Waals surface area contributed by atoms with Crippen molar-refractivity contribution in [3.63, 3.8) is 0 Å². The molecule has 3 nitrogen and oxygen atoms in total. The van der Waals surface area contributed by atoms with Crippen LogP contribution in [0, 0.1) is 57.2 Å². The highest BCUT2D eigenvalue weighted by atomic mass is 16.5. The summed E-state index contributed by atoms with van der Waals surface area (Å²) in [7, 11) is 3.73. The molecule has 4 fully saturated rings. The van der Waals surface area contributed by atoms with Gasteiger partial charge in [-0.2, -0.15) is 0 Å². The number of allylic oxidation sites excluding steroid dienone is 2. The Hall–Kier alpha value is -1.61. The number of carbonyl (C=O) groups is 1. The number of ether oxygens (including phenoxy) is 1. The second-order valence-electron chi connectivity index (χ2n) is 16.7. The van der Waals surface area contributed by atoms with Crippen LogP contribution in [0.25, 0.3) is 5.57 Å². The quantitative estimate of drug-likeness (QED) is 0.374. The molecule has 5 aliphatic carbocycles. The average molecular weight is 560 g/mol. The van der Waals surface area contributed by atoms with Crippen LogP contribution in [0.2, 0.25) is 0 Å². The zero-order valence-electron chi connectivity index (χ0n) is 27.5. The molecule has 0 radical (unpaired) electrons. The maximum Gasteiger partial charge on any atom is 0.337 e. The number of esters is 1. The predicted molar refractivity (Wildman–Crippen MR) is 169 cm³/mol. The molecule has 0 aromatic heterocycles. The van der Waals surface area contributed by atoms with Gasteiger partial charge >= 0.3 is 5.97 Å². The van der Waals surface area contributed by atoms with Crippen molar-refractivity contribution < 1.29 is 9.53 Å². The molecular formula is C38H57NO2. The van der Waals surface area contributed by atoms with Crippen molar-refractivity contribution in [3.05, 3.63) is 41.5 Å². The van der Waals surface area contributed by atoms with Crippen molar-refractivity contribution in [2.24, 2.45) is 57.2 Å². The van der Waals surface area contributed by atoms with Gasteiger partial charge in [0.15, 0.2) is 0 Å². The standard InChI is InChI=1S/C38H57NO2/c1-24(2)27-16-21-38(39-8)23-22-36(6)29(32(27)38)14-15-31-35(5)19-17-28(25-10-12-26(13-11-25)33(40)41-9)34(3,4)30(35)18-20-37(31,36)7/h10-13,17,24,27,29-32,39H,14-16,18-23H2,1-9H3/t27-,29+,30-,31+,32+,35-,36+,37+,38-/m0/s1. The number of rotatable bonds is 4. The van der Waals surface area contributed by atoms with E-state index in [2.05, 4.69) is 79.0 Å². The molecule has 0 spiro atoms. The Morgan fingerprint density at radius 1 is 0.878 bits per heavy atom. The minimum Gasteiger partial charge on any atom is -0.465 e. The fraction of sp³-hybridized carbons (Fsp3) is 0.763. The molecular weight excluding hydrogens is 502 g/mol. The zero-order chi connectivity index (χ0) is 29.6. The lowest BCUT2D eigenvalue weighted by Gasteiger charge is -2.72. The Morgan fingerprint density at radius 2 is 1.59 bits per heavy atom. The Labute approximate surface area is 250 Å². The van der Waals surface area contributed by atoms with Crippen molar-refractivity contribution in [1.29, 1.82) is 0 Å². The van der Waals surface area contributed by atoms with E-state index in [-0.39, 0.29) is 11.4 Å². The van der Waals surface area contributed by atoms with Gasteiger partial charge in [0.1, 0.15) is 0 Å². The van der Waals surface area contributed by atoms with Gasteiger partial charge in [0, 0.05) is 5.54 Å². The van der Waals surface area contributed by atoms with Gasteiger partial charge in [0.05, 0.1) is 12.7 Å². The summed E-state index contributed by atoms with van der Waals surface area (Å²) in [4.78, 5) is 12.1. The molecule has 6 rings (SSSR count). The first kappa shape index (κ1) is 29.5. The lowest BCUT2D eigenvalue weighted by Crippen LogP contribution is -2.67. The third-order valence-corrected chi connectivity index (χ3v) is 15.0. The van der Waals surface area contributed by atoms with Crippen LogP contribution in [0.3, 0.4) is 0 Å². The van der Waals surface area contributed by atoms with E-state index in [0.29, 0.717) is 33.3 Å². The summed E-state index contributed by atoms with van der Waals surface area (Å²) in [5.74, 6) is 4.50. The van der Waals surface area contributed by atoms with Crippen molar-refractivity contribution in [2.45, 2.75) is 112 Å². The predicted octanol–water partition coefficient (Wildman–Crippen LogP) is 9.18. The molecule has 3 heteroatoms. The number of nitrogens with one attached hydrogen (secondary N) is 1. The maximum atomic E-state index is 12.1. The Bertz CT molecular complexity index is 1210. The van der Waals surface area contributed by atoms with Crippen LogP contribution in [0.1, 0.15) is 122 Å². The van der Waals surface area contributed by atoms with Gasteiger partial charge in [-0.25, -0.2) is 4.79 Å². The van der Waals surface area contributed by atoms with E-state index in [1.165, 1.54) is 76.0 Å². The van der Waals surface area contributed by atoms with E-state index in [1.807, 2.05) is 12.1 Å². The second kappa shape index (κ2) is 9.70. The molecule has 226 valence electrons. The highest BCUT2D eigenvalue weighted by molar-refractivity contribution is 5.89. The van der Waals surface area contributed by atoms with Crippen molar-refractivity contribution in [3.8, 4) is 0 Å². The Balaban J connectivity index is 1.34. The molecule has 0 bridgehead atoms. The first-order valence-corrected chi connectivity index (χ1v) is 16.9. The molecule has 41 heavy (non-hydrogen) atoms. The molecule has 0 amide bonds. The van der Waals surface area contributed by atoms with Gasteiger partial charge < -0.3 is 10.1 Å². The minimum absolute atomic E-state index is 0.0981. The monoisotopic (exact) mass is 559 g/mol. The fourth-order valence-electron chi connectivity index (χ4n) is 12.8. The smallest absolute Gasteiger partial charge is 0.337 e. The maximum absolute atomic E-state index is 12.1. The molecule has 5 aliphatic rings. The van der Waals surface area contributed by atoms with Crippen molar-refractivity contribution in [2.75, 3.05) is 14.2 Å². The van der Waals surface area contributed by atoms with E-state index < -0.39 is 0 Å². The fourth-order valence-corrected chi connectivity index (χ4v) is 12.8. The Morgan fingerprint density at radius 3 is 2.22 bits per heavy atom. The number of hydrogen-bond donors (Lipinski definition) is 1. The highest BCUT2D eigenvalue weighted by Gasteiger charge is 2.70. The lowest BCUT2D eigenvalue weighted by molar-refractivity contribution is -0.221. The van der Waals surface area contributed by atoms with Crippen LogP contribution >= 0.6 is 0 Å². The average Bonchev–Trinajstić information content (AvgIpc) is 3.33. The minimum atomic E-state index is -0.260. The molecule has 1 aromatic carbocycles. The summed E-state index contributed by atoms with van der Waals surface area (Å²) in [6.07, 6.45) is 14.8. The number of benzene rings is 1. The zero-order valence-corrected chi connectivity index (χ0v) is 27.5. The number of carbonyl (C=O) groups excluding carboxylic acids is 1. The number of methoxy groups -OCH3 is 1. The normalized spacial score (nSPS) is 44.7. The third kappa shape index (κ3) is 3.89. The largest absolute Gasteiger partial charge is 0.465 e. The van der Waals surface area contributed by atoms with Crippen LogP contribution in [0.15, 0.2) is 30.3 Å². The molecule has 9 atom stereocenters. The van der Waals surface area contributed by atoms with Crippen LogP contribution < -0.4 is 5.32 Å². The van der Waals surface area contributed by atoms with E-state index in [0.717, 1.165) is 29.6 Å². The van der Waals surface area contributed by atoms with Gasteiger partial charge in [0.2, 0.25) is 0 Å². The van der Waals surface area contributed by atoms with Gasteiger partial charge in [0.25, 0.3) is 0 Å². The topological polar surface area (TPSA) is 38.3 Å². The van der Waals surface area contributed by atoms with Gasteiger partial charge in [-0.3, -0.25) is 0 Å². The molecule has 0 aliphatic heterocycles. The molecule has 4 saturated carbocycles. The first-order valence-electron chi connectivity index (χ1n) is 16.9. The summed E-state index contributed by atoms with van der Waals surface area (Å²) in [5, 5.41) is 3.96. The summed E-state index contributed by atoms with van der Waals surface area (Å²) >= 11 is 0. The summed E-state index contributed by atoms with van der Waals surface area (Å²) in [6, 6.07) is 8.16. The van der Waals surface area contributed by atoms with Gasteiger partial charge in [-0.05, 0) is 145 Å². The van der Waals surface area contributed by atoms with Crippen LogP contribution in [-0.2, 0) is 4.74 Å². The summed E-state index contributed by atoms with van der Waals surface area (Å²) in [5.41, 5.74) is 4.99. The lowest BCUT2D eigenvalue weighted by atomic mass is 9.33. The van der Waals surface area contributed by atoms with Gasteiger partial charge in [-0.1, -0.05) is 66.7 Å². The van der Waals surface area contributed by atoms with Crippen LogP contribution in [-0.4, -0.2) is 25.7 Å². The van der Waals surface area contributed by atoms with Gasteiger partial charge in [-0.15, -0.1) is 0 Å². The second-order valence-corrected chi connectivity index (χ2v) is 16.7. The Kier molecular flexibility index (Phi) is 6.97. The third-order valence-electron chi connectivity index (χ3n) is 15.0. The van der Waals surface area contributed by atoms with E-state index in [1.54, 1.807) is 0 Å². The van der Waals surface area contributed by atoms with Crippen molar-refractivity contribution in [1.82, 2.24) is 5.32 Å². The highest BCUT2D eigenvalue weighted by Crippen LogP contribution is 2.76. The molecule has 1 aromatic rings. The summed E-state index contributed by atoms with van der Waals surface area (Å²) in [6.45, 7) is 18.2. The van der Waals surface area contributed by atoms with Crippen molar-refractivity contribution >= 4 is 11.5 Å². The molecule has 1 N–H and O–H groups in total. The van der Waals surface area contributed by atoms with E-state index in [9.17, 15) is 4.79 Å². The molecule has 0 heterocycles. The van der Waals surface area contributed by atoms with E-state index >= 15 is 0 Å². The SMILES string of the molecule is CN[C@]12CC[C@@H](C(C)C)[C@@H]1[C@H]1CC[C@@H]3[C@@]4(C)CC=C(c5ccc(C(=O)OC)cc5)C(C)(C)[C@@H]4CC[C@@]3(C)[C@]1(C)CC2. The summed E-state index contributed by atoms with van der Waals surface area (Å²) < 4.78 is 4.95. The number of fused-ring (bicyclic) bond motifs is 7. The first-order chi connectivity index (χ1) is 19.3. The number of hydrogen-bond acceptors (Lipinski definition) is 3. The van der Waals surface area contributed by atoms with Crippen LogP contribution in [0.4, 0.5) is 0 Å². The molecule has 0 unspecified atom stereocenters.